The van der Waals surface area contributed by atoms with Gasteiger partial charge in [-0.1, -0.05) is 0 Å². The molecule has 0 amide bonds. The van der Waals surface area contributed by atoms with Crippen LogP contribution in [0.25, 0.3) is 0 Å². The molecule has 24 heavy (non-hydrogen) atoms. The largest absolute Gasteiger partial charge is 0.451 e. The average Bonchev–Trinajstić information content (AvgIpc) is 2.45. The van der Waals surface area contributed by atoms with Crippen molar-refractivity contribution >= 4 is 15.7 Å². The third kappa shape index (κ3) is 4.34. The summed E-state index contributed by atoms with van der Waals surface area (Å²) in [6, 6.07) is 6.51. The first-order valence-corrected chi connectivity index (χ1v) is 8.47. The highest BCUT2D eigenvalue weighted by Crippen LogP contribution is 2.31. The van der Waals surface area contributed by atoms with Crippen LogP contribution in [0, 0.1) is 0 Å². The lowest BCUT2D eigenvalue weighted by Gasteiger charge is -2.15. The van der Waals surface area contributed by atoms with E-state index < -0.39 is 21.8 Å². The monoisotopic (exact) mass is 361 g/mol. The molecule has 0 N–H and O–H groups in total. The van der Waals surface area contributed by atoms with E-state index in [1.54, 1.807) is 0 Å². The van der Waals surface area contributed by atoms with Gasteiger partial charge in [-0.25, -0.2) is 13.4 Å². The fraction of sp³-hybridized carbons (Fsp3) is 0.286. The van der Waals surface area contributed by atoms with Gasteiger partial charge in [0.05, 0.1) is 4.90 Å². The molecule has 6 nitrogen and oxygen atoms in total. The molecule has 10 heteroatoms. The second-order valence-corrected chi connectivity index (χ2v) is 7.14. The summed E-state index contributed by atoms with van der Waals surface area (Å²) in [5, 5.41) is 0. The summed E-state index contributed by atoms with van der Waals surface area (Å²) in [6.45, 7) is 0. The van der Waals surface area contributed by atoms with Crippen LogP contribution in [0.3, 0.4) is 0 Å². The summed E-state index contributed by atoms with van der Waals surface area (Å²) >= 11 is 0. The van der Waals surface area contributed by atoms with Crippen molar-refractivity contribution in [1.82, 2.24) is 9.97 Å². The van der Waals surface area contributed by atoms with Gasteiger partial charge in [-0.15, -0.1) is 0 Å². The van der Waals surface area contributed by atoms with E-state index in [1.807, 2.05) is 0 Å². The number of alkyl halides is 3. The van der Waals surface area contributed by atoms with Crippen molar-refractivity contribution in [2.24, 2.45) is 0 Å². The SMILES string of the molecule is CN(C)c1cc(Oc2ccc(S(C)(=O)=O)cc2)nc(C(F)(F)F)n1. The third-order valence-electron chi connectivity index (χ3n) is 2.88. The Labute approximate surface area is 136 Å². The van der Waals surface area contributed by atoms with E-state index in [0.29, 0.717) is 0 Å². The molecule has 1 heterocycles. The second-order valence-electron chi connectivity index (χ2n) is 5.13. The van der Waals surface area contributed by atoms with Crippen LogP contribution in [0.4, 0.5) is 19.0 Å². The van der Waals surface area contributed by atoms with Crippen molar-refractivity contribution in [3.05, 3.63) is 36.2 Å². The highest BCUT2D eigenvalue weighted by Gasteiger charge is 2.36. The minimum Gasteiger partial charge on any atom is -0.439 e. The number of anilines is 1. The Morgan fingerprint density at radius 2 is 1.67 bits per heavy atom. The van der Waals surface area contributed by atoms with Crippen molar-refractivity contribution in [1.29, 1.82) is 0 Å². The van der Waals surface area contributed by atoms with Gasteiger partial charge < -0.3 is 9.64 Å². The number of hydrogen-bond acceptors (Lipinski definition) is 6. The zero-order valence-electron chi connectivity index (χ0n) is 13.0. The minimum absolute atomic E-state index is 0.0279. The van der Waals surface area contributed by atoms with Gasteiger partial charge >= 0.3 is 6.18 Å². The maximum atomic E-state index is 12.9. The van der Waals surface area contributed by atoms with Gasteiger partial charge in [0.2, 0.25) is 11.7 Å². The highest BCUT2D eigenvalue weighted by atomic mass is 32.2. The molecule has 0 fully saturated rings. The summed E-state index contributed by atoms with van der Waals surface area (Å²) in [7, 11) is -0.303. The maximum Gasteiger partial charge on any atom is 0.451 e. The summed E-state index contributed by atoms with van der Waals surface area (Å²) in [4.78, 5) is 8.23. The van der Waals surface area contributed by atoms with Gasteiger partial charge in [-0.3, -0.25) is 0 Å². The lowest BCUT2D eigenvalue weighted by molar-refractivity contribution is -0.145. The van der Waals surface area contributed by atoms with Crippen molar-refractivity contribution in [2.45, 2.75) is 11.1 Å². The van der Waals surface area contributed by atoms with Crippen LogP contribution in [0.2, 0.25) is 0 Å². The predicted molar refractivity (Wildman–Crippen MR) is 81.0 cm³/mol. The van der Waals surface area contributed by atoms with Crippen LogP contribution in [0.1, 0.15) is 5.82 Å². The Bertz CT molecular complexity index is 835. The summed E-state index contributed by atoms with van der Waals surface area (Å²) in [5.74, 6) is -1.44. The van der Waals surface area contributed by atoms with Crippen molar-refractivity contribution in [2.75, 3.05) is 25.3 Å². The molecule has 0 unspecified atom stereocenters. The topological polar surface area (TPSA) is 72.4 Å². The Morgan fingerprint density at radius 3 is 2.12 bits per heavy atom. The molecule has 1 aromatic heterocycles. The molecule has 0 saturated carbocycles. The van der Waals surface area contributed by atoms with E-state index in [-0.39, 0.29) is 22.3 Å². The smallest absolute Gasteiger partial charge is 0.439 e. The highest BCUT2D eigenvalue weighted by molar-refractivity contribution is 7.90. The van der Waals surface area contributed by atoms with Gasteiger partial charge in [0.1, 0.15) is 11.6 Å². The number of nitrogens with zero attached hydrogens (tertiary/aromatic N) is 3. The van der Waals surface area contributed by atoms with E-state index >= 15 is 0 Å². The number of sulfone groups is 1. The van der Waals surface area contributed by atoms with E-state index in [1.165, 1.54) is 49.3 Å². The molecule has 0 aliphatic rings. The number of halogens is 3. The predicted octanol–water partition coefficient (Wildman–Crippen LogP) is 2.76. The molecule has 0 spiro atoms. The molecule has 2 rings (SSSR count). The fourth-order valence-electron chi connectivity index (χ4n) is 1.70. The summed E-state index contributed by atoms with van der Waals surface area (Å²) < 4.78 is 66.7. The minimum atomic E-state index is -4.72. The first-order chi connectivity index (χ1) is 11.0. The molecular formula is C14H14F3N3O3S. The maximum absolute atomic E-state index is 12.9. The van der Waals surface area contributed by atoms with Crippen LogP contribution in [0.5, 0.6) is 11.6 Å². The first kappa shape index (κ1) is 18.0. The number of ether oxygens (including phenoxy) is 1. The van der Waals surface area contributed by atoms with Crippen LogP contribution < -0.4 is 9.64 Å². The molecule has 0 saturated heterocycles. The summed E-state index contributed by atoms with van der Waals surface area (Å²) in [6.07, 6.45) is -3.67. The molecule has 0 atom stereocenters. The van der Waals surface area contributed by atoms with Gasteiger partial charge in [0.25, 0.3) is 0 Å². The van der Waals surface area contributed by atoms with Crippen LogP contribution >= 0.6 is 0 Å². The van der Waals surface area contributed by atoms with E-state index in [9.17, 15) is 21.6 Å². The van der Waals surface area contributed by atoms with Gasteiger partial charge in [0.15, 0.2) is 9.84 Å². The molecule has 130 valence electrons. The molecule has 1 aromatic carbocycles. The van der Waals surface area contributed by atoms with Crippen LogP contribution in [-0.2, 0) is 16.0 Å². The lowest BCUT2D eigenvalue weighted by atomic mass is 10.3. The zero-order chi connectivity index (χ0) is 18.1. The second kappa shape index (κ2) is 6.27. The molecule has 2 aromatic rings. The van der Waals surface area contributed by atoms with Crippen LogP contribution in [-0.4, -0.2) is 38.7 Å². The number of aromatic nitrogens is 2. The average molecular weight is 361 g/mol. The molecule has 0 bridgehead atoms. The van der Waals surface area contributed by atoms with Gasteiger partial charge in [-0.05, 0) is 24.3 Å². The quantitative estimate of drug-likeness (QED) is 0.834. The molecule has 0 aliphatic heterocycles. The Balaban J connectivity index is 2.37. The molecular weight excluding hydrogens is 347 g/mol. The Morgan fingerprint density at radius 1 is 1.08 bits per heavy atom. The standard InChI is InChI=1S/C14H14F3N3O3S/c1-20(2)11-8-12(19-13(18-11)14(15,16)17)23-9-4-6-10(7-5-9)24(3,21)22/h4-8H,1-3H3. The lowest BCUT2D eigenvalue weighted by Crippen LogP contribution is -2.17. The first-order valence-electron chi connectivity index (χ1n) is 6.58. The van der Waals surface area contributed by atoms with Crippen molar-refractivity contribution in [3.63, 3.8) is 0 Å². The normalized spacial score (nSPS) is 12.1. The molecule has 0 aliphatic carbocycles. The van der Waals surface area contributed by atoms with Gasteiger partial charge in [0, 0.05) is 26.4 Å². The third-order valence-corrected chi connectivity index (χ3v) is 4.00. The number of benzene rings is 1. The van der Waals surface area contributed by atoms with E-state index in [2.05, 4.69) is 9.97 Å². The Hall–Kier alpha value is -2.36. The number of rotatable bonds is 4. The van der Waals surface area contributed by atoms with Gasteiger partial charge in [-0.2, -0.15) is 18.2 Å². The Kier molecular flexibility index (Phi) is 4.70. The molecule has 0 radical (unpaired) electrons. The zero-order valence-corrected chi connectivity index (χ0v) is 13.8. The fourth-order valence-corrected chi connectivity index (χ4v) is 2.33. The van der Waals surface area contributed by atoms with Crippen LogP contribution in [0.15, 0.2) is 35.2 Å². The summed E-state index contributed by atoms with van der Waals surface area (Å²) in [5.41, 5.74) is 0. The van der Waals surface area contributed by atoms with E-state index in [4.69, 9.17) is 4.74 Å². The van der Waals surface area contributed by atoms with Crippen molar-refractivity contribution in [3.8, 4) is 11.6 Å². The van der Waals surface area contributed by atoms with Crippen molar-refractivity contribution < 1.29 is 26.3 Å². The number of hydrogen-bond donors (Lipinski definition) is 0. The van der Waals surface area contributed by atoms with E-state index in [0.717, 1.165) is 6.26 Å².